The summed E-state index contributed by atoms with van der Waals surface area (Å²) in [5.74, 6) is -0.684. The Morgan fingerprint density at radius 3 is 1.19 bits per heavy atom. The Labute approximate surface area is 262 Å². The van der Waals surface area contributed by atoms with E-state index in [9.17, 15) is 9.59 Å². The number of unbranched alkanes of at least 4 members (excludes halogenated alkanes) is 27. The van der Waals surface area contributed by atoms with E-state index < -0.39 is 5.97 Å². The summed E-state index contributed by atoms with van der Waals surface area (Å²) >= 11 is 0. The summed E-state index contributed by atoms with van der Waals surface area (Å²) < 4.78 is 5.41. The van der Waals surface area contributed by atoms with E-state index in [0.717, 1.165) is 44.9 Å². The van der Waals surface area contributed by atoms with Crippen molar-refractivity contribution in [2.75, 3.05) is 6.61 Å². The smallest absolute Gasteiger partial charge is 0.305 e. The van der Waals surface area contributed by atoms with Crippen LogP contribution in [0.1, 0.15) is 212 Å². The van der Waals surface area contributed by atoms with Gasteiger partial charge in [0.05, 0.1) is 6.61 Å². The van der Waals surface area contributed by atoms with Crippen LogP contribution in [0.2, 0.25) is 0 Å². The van der Waals surface area contributed by atoms with E-state index in [4.69, 9.17) is 9.84 Å². The molecular formula is C38H72O4. The van der Waals surface area contributed by atoms with Crippen LogP contribution in [0.5, 0.6) is 0 Å². The molecule has 4 nitrogen and oxygen atoms in total. The number of aliphatic carboxylic acids is 1. The maximum absolute atomic E-state index is 11.9. The lowest BCUT2D eigenvalue weighted by atomic mass is 10.0. The number of hydrogen-bond donors (Lipinski definition) is 1. The number of carbonyl (C=O) groups is 2. The van der Waals surface area contributed by atoms with E-state index in [1.165, 1.54) is 148 Å². The lowest BCUT2D eigenvalue weighted by molar-refractivity contribution is -0.144. The molecule has 4 heteroatoms. The number of allylic oxidation sites excluding steroid dienone is 2. The summed E-state index contributed by atoms with van der Waals surface area (Å²) in [6, 6.07) is 0. The van der Waals surface area contributed by atoms with Gasteiger partial charge in [0.15, 0.2) is 0 Å². The zero-order chi connectivity index (χ0) is 30.6. The lowest BCUT2D eigenvalue weighted by Gasteiger charge is -2.06. The predicted octanol–water partition coefficient (Wildman–Crippen LogP) is 12.7. The second-order valence-electron chi connectivity index (χ2n) is 12.7. The fraction of sp³-hybridized carbons (Fsp3) is 0.895. The first-order valence-electron chi connectivity index (χ1n) is 18.7. The van der Waals surface area contributed by atoms with Gasteiger partial charge in [0, 0.05) is 12.8 Å². The molecule has 0 saturated carbocycles. The van der Waals surface area contributed by atoms with Gasteiger partial charge in [-0.15, -0.1) is 0 Å². The molecule has 0 unspecified atom stereocenters. The van der Waals surface area contributed by atoms with Crippen LogP contribution in [0.3, 0.4) is 0 Å². The molecule has 0 bridgehead atoms. The van der Waals surface area contributed by atoms with E-state index in [1.54, 1.807) is 0 Å². The molecule has 0 aliphatic heterocycles. The summed E-state index contributed by atoms with van der Waals surface area (Å²) in [4.78, 5) is 22.4. The minimum atomic E-state index is -0.676. The molecule has 0 spiro atoms. The highest BCUT2D eigenvalue weighted by molar-refractivity contribution is 5.69. The molecule has 0 aromatic carbocycles. The Morgan fingerprint density at radius 2 is 0.786 bits per heavy atom. The molecule has 42 heavy (non-hydrogen) atoms. The van der Waals surface area contributed by atoms with E-state index in [-0.39, 0.29) is 5.97 Å². The molecule has 0 aliphatic rings. The van der Waals surface area contributed by atoms with Gasteiger partial charge in [0.25, 0.3) is 0 Å². The van der Waals surface area contributed by atoms with Crippen LogP contribution in [0.15, 0.2) is 12.2 Å². The van der Waals surface area contributed by atoms with Gasteiger partial charge < -0.3 is 9.84 Å². The standard InChI is InChI=1S/C38H72O4/c1-2-3-4-5-6-7-8-9-10-11-12-13-14-15-16-17-20-23-26-29-32-35-38(41)42-36-33-30-27-24-21-18-19-22-25-28-31-34-37(39)40/h9-10H,2-8,11-36H2,1H3,(H,39,40). The second-order valence-corrected chi connectivity index (χ2v) is 12.7. The molecule has 0 fully saturated rings. The maximum atomic E-state index is 11.9. The molecule has 0 heterocycles. The topological polar surface area (TPSA) is 63.6 Å². The number of rotatable bonds is 35. The molecule has 248 valence electrons. The Bertz CT molecular complexity index is 586. The quantitative estimate of drug-likeness (QED) is 0.0451. The largest absolute Gasteiger partial charge is 0.481 e. The van der Waals surface area contributed by atoms with Crippen molar-refractivity contribution in [1.29, 1.82) is 0 Å². The summed E-state index contributed by atoms with van der Waals surface area (Å²) in [7, 11) is 0. The van der Waals surface area contributed by atoms with Crippen molar-refractivity contribution in [3.8, 4) is 0 Å². The molecule has 0 saturated heterocycles. The van der Waals surface area contributed by atoms with Gasteiger partial charge in [-0.25, -0.2) is 0 Å². The van der Waals surface area contributed by atoms with Gasteiger partial charge in [0.2, 0.25) is 0 Å². The first-order chi connectivity index (χ1) is 20.7. The number of ether oxygens (including phenoxy) is 1. The fourth-order valence-corrected chi connectivity index (χ4v) is 5.63. The summed E-state index contributed by atoms with van der Waals surface area (Å²) in [6.45, 7) is 2.87. The van der Waals surface area contributed by atoms with Crippen molar-refractivity contribution in [2.24, 2.45) is 0 Å². The number of carboxylic acids is 1. The molecule has 1 N–H and O–H groups in total. The number of esters is 1. The third-order valence-electron chi connectivity index (χ3n) is 8.44. The Hall–Kier alpha value is -1.32. The molecule has 0 rings (SSSR count). The van der Waals surface area contributed by atoms with Crippen LogP contribution in [0.25, 0.3) is 0 Å². The summed E-state index contributed by atoms with van der Waals surface area (Å²) in [5.41, 5.74) is 0. The van der Waals surface area contributed by atoms with Crippen LogP contribution in [0, 0.1) is 0 Å². The molecule has 0 aliphatic carbocycles. The maximum Gasteiger partial charge on any atom is 0.305 e. The number of carbonyl (C=O) groups excluding carboxylic acids is 1. The first-order valence-corrected chi connectivity index (χ1v) is 18.7. The van der Waals surface area contributed by atoms with Crippen molar-refractivity contribution in [2.45, 2.75) is 212 Å². The Kier molecular flexibility index (Phi) is 34.7. The molecule has 0 aromatic rings. The van der Waals surface area contributed by atoms with E-state index in [1.807, 2.05) is 0 Å². The normalized spacial score (nSPS) is 11.5. The van der Waals surface area contributed by atoms with Crippen LogP contribution in [0.4, 0.5) is 0 Å². The highest BCUT2D eigenvalue weighted by atomic mass is 16.5. The second kappa shape index (κ2) is 35.9. The van der Waals surface area contributed by atoms with Crippen LogP contribution in [-0.2, 0) is 14.3 Å². The SMILES string of the molecule is CCCCCCCCC=CCCCCCCCCCCCCCC(=O)OCCCCCCCCCCCCCC(=O)O. The Morgan fingerprint density at radius 1 is 0.452 bits per heavy atom. The van der Waals surface area contributed by atoms with Crippen molar-refractivity contribution in [1.82, 2.24) is 0 Å². The number of carboxylic acid groups (broad SMARTS) is 1. The van der Waals surface area contributed by atoms with E-state index >= 15 is 0 Å². The van der Waals surface area contributed by atoms with Gasteiger partial charge in [-0.05, 0) is 44.9 Å². The monoisotopic (exact) mass is 593 g/mol. The summed E-state index contributed by atoms with van der Waals surface area (Å²) in [6.07, 6.45) is 43.7. The van der Waals surface area contributed by atoms with Crippen LogP contribution >= 0.6 is 0 Å². The van der Waals surface area contributed by atoms with Crippen LogP contribution in [-0.4, -0.2) is 23.7 Å². The van der Waals surface area contributed by atoms with Gasteiger partial charge in [-0.2, -0.15) is 0 Å². The van der Waals surface area contributed by atoms with Gasteiger partial charge in [-0.1, -0.05) is 167 Å². The zero-order valence-corrected chi connectivity index (χ0v) is 28.2. The predicted molar refractivity (Wildman–Crippen MR) is 181 cm³/mol. The molecule has 0 radical (unpaired) electrons. The van der Waals surface area contributed by atoms with Gasteiger partial charge in [0.1, 0.15) is 0 Å². The molecule has 0 atom stereocenters. The summed E-state index contributed by atoms with van der Waals surface area (Å²) in [5, 5.41) is 8.63. The third-order valence-corrected chi connectivity index (χ3v) is 8.44. The molecule has 0 aromatic heterocycles. The first kappa shape index (κ1) is 40.7. The van der Waals surface area contributed by atoms with Crippen molar-refractivity contribution < 1.29 is 19.4 Å². The Balaban J connectivity index is 3.18. The van der Waals surface area contributed by atoms with E-state index in [0.29, 0.717) is 19.4 Å². The molecule has 0 amide bonds. The highest BCUT2D eigenvalue weighted by Gasteiger charge is 2.03. The number of hydrogen-bond acceptors (Lipinski definition) is 3. The van der Waals surface area contributed by atoms with Crippen LogP contribution < -0.4 is 0 Å². The minimum absolute atomic E-state index is 0.00773. The average Bonchev–Trinajstić information content (AvgIpc) is 2.98. The minimum Gasteiger partial charge on any atom is -0.481 e. The van der Waals surface area contributed by atoms with Gasteiger partial charge in [-0.3, -0.25) is 9.59 Å². The third kappa shape index (κ3) is 36.7. The average molecular weight is 593 g/mol. The zero-order valence-electron chi connectivity index (χ0n) is 28.2. The van der Waals surface area contributed by atoms with Crippen molar-refractivity contribution in [3.63, 3.8) is 0 Å². The van der Waals surface area contributed by atoms with Crippen molar-refractivity contribution >= 4 is 11.9 Å². The van der Waals surface area contributed by atoms with E-state index in [2.05, 4.69) is 19.1 Å². The van der Waals surface area contributed by atoms with Crippen molar-refractivity contribution in [3.05, 3.63) is 12.2 Å². The highest BCUT2D eigenvalue weighted by Crippen LogP contribution is 2.14. The fourth-order valence-electron chi connectivity index (χ4n) is 5.63. The van der Waals surface area contributed by atoms with Gasteiger partial charge >= 0.3 is 11.9 Å². The lowest BCUT2D eigenvalue weighted by Crippen LogP contribution is -2.05. The molecular weight excluding hydrogens is 520 g/mol.